The van der Waals surface area contributed by atoms with Gasteiger partial charge in [0.1, 0.15) is 11.4 Å². The summed E-state index contributed by atoms with van der Waals surface area (Å²) >= 11 is 0. The van der Waals surface area contributed by atoms with Gasteiger partial charge in [-0.1, -0.05) is 19.9 Å². The van der Waals surface area contributed by atoms with Crippen molar-refractivity contribution in [2.75, 3.05) is 6.54 Å². The Bertz CT molecular complexity index is 609. The van der Waals surface area contributed by atoms with Crippen molar-refractivity contribution < 1.29 is 14.3 Å². The van der Waals surface area contributed by atoms with E-state index in [0.29, 0.717) is 5.76 Å². The number of hydrogen-bond acceptors (Lipinski definition) is 4. The predicted octanol–water partition coefficient (Wildman–Crippen LogP) is 2.58. The lowest BCUT2D eigenvalue weighted by Crippen LogP contribution is -2.45. The van der Waals surface area contributed by atoms with Crippen molar-refractivity contribution >= 4 is 6.03 Å². The van der Waals surface area contributed by atoms with Crippen LogP contribution in [0.25, 0.3) is 0 Å². The van der Waals surface area contributed by atoms with Crippen molar-refractivity contribution in [3.05, 3.63) is 54.2 Å². The van der Waals surface area contributed by atoms with E-state index in [1.807, 2.05) is 32.0 Å². The first kappa shape index (κ1) is 17.0. The van der Waals surface area contributed by atoms with Gasteiger partial charge < -0.3 is 20.2 Å². The largest absolute Gasteiger partial charge is 0.466 e. The number of carbonyl (C=O) groups is 1. The van der Waals surface area contributed by atoms with Crippen LogP contribution in [0.4, 0.5) is 4.79 Å². The monoisotopic (exact) mass is 317 g/mol. The average Bonchev–Trinajstić information content (AvgIpc) is 3.06. The minimum atomic E-state index is -1.26. The van der Waals surface area contributed by atoms with Crippen LogP contribution in [0.3, 0.4) is 0 Å². The Morgan fingerprint density at radius 2 is 2.13 bits per heavy atom. The van der Waals surface area contributed by atoms with Crippen LogP contribution in [0, 0.1) is 5.92 Å². The van der Waals surface area contributed by atoms with Crippen molar-refractivity contribution in [3.63, 3.8) is 0 Å². The predicted molar refractivity (Wildman–Crippen MR) is 86.6 cm³/mol. The molecule has 0 spiro atoms. The third-order valence-corrected chi connectivity index (χ3v) is 3.60. The van der Waals surface area contributed by atoms with E-state index in [1.165, 1.54) is 6.26 Å². The van der Waals surface area contributed by atoms with Crippen molar-refractivity contribution in [1.29, 1.82) is 0 Å². The zero-order chi connectivity index (χ0) is 16.9. The van der Waals surface area contributed by atoms with Crippen LogP contribution < -0.4 is 10.6 Å². The normalized spacial score (nSPS) is 15.0. The fraction of sp³-hybridized carbons (Fsp3) is 0.412. The quantitative estimate of drug-likeness (QED) is 0.764. The number of aliphatic hydroxyl groups is 1. The molecule has 0 saturated heterocycles. The molecule has 0 aliphatic rings. The highest BCUT2D eigenvalue weighted by molar-refractivity contribution is 5.74. The van der Waals surface area contributed by atoms with E-state index >= 15 is 0 Å². The molecule has 6 nitrogen and oxygen atoms in total. The van der Waals surface area contributed by atoms with E-state index < -0.39 is 5.60 Å². The molecule has 2 aromatic heterocycles. The first-order valence-electron chi connectivity index (χ1n) is 7.62. The van der Waals surface area contributed by atoms with Gasteiger partial charge in [-0.3, -0.25) is 4.98 Å². The van der Waals surface area contributed by atoms with Gasteiger partial charge in [-0.15, -0.1) is 0 Å². The molecule has 2 amide bonds. The maximum Gasteiger partial charge on any atom is 0.315 e. The highest BCUT2D eigenvalue weighted by atomic mass is 16.4. The van der Waals surface area contributed by atoms with E-state index in [1.54, 1.807) is 25.3 Å². The Morgan fingerprint density at radius 1 is 1.35 bits per heavy atom. The molecule has 2 heterocycles. The molecule has 2 atom stereocenters. The topological polar surface area (TPSA) is 87.4 Å². The lowest BCUT2D eigenvalue weighted by molar-refractivity contribution is 0.0366. The summed E-state index contributed by atoms with van der Waals surface area (Å²) in [5.74, 6) is 0.587. The molecule has 124 valence electrons. The SMILES string of the molecule is CC(C)[C@@H](NC(=O)NC[C@](C)(O)c1ccco1)c1ccccn1. The number of nitrogens with zero attached hydrogens (tertiary/aromatic N) is 1. The van der Waals surface area contributed by atoms with Gasteiger partial charge >= 0.3 is 6.03 Å². The van der Waals surface area contributed by atoms with Gasteiger partial charge in [0.25, 0.3) is 0 Å². The van der Waals surface area contributed by atoms with Crippen LogP contribution in [0.5, 0.6) is 0 Å². The van der Waals surface area contributed by atoms with Crippen molar-refractivity contribution in [1.82, 2.24) is 15.6 Å². The summed E-state index contributed by atoms with van der Waals surface area (Å²) in [6.45, 7) is 5.65. The molecule has 23 heavy (non-hydrogen) atoms. The fourth-order valence-corrected chi connectivity index (χ4v) is 2.26. The van der Waals surface area contributed by atoms with E-state index in [-0.39, 0.29) is 24.5 Å². The minimum Gasteiger partial charge on any atom is -0.466 e. The summed E-state index contributed by atoms with van der Waals surface area (Å²) in [4.78, 5) is 16.5. The molecule has 0 radical (unpaired) electrons. The van der Waals surface area contributed by atoms with E-state index in [4.69, 9.17) is 4.42 Å². The van der Waals surface area contributed by atoms with Crippen LogP contribution in [-0.2, 0) is 5.60 Å². The molecule has 0 aliphatic carbocycles. The Balaban J connectivity index is 1.95. The average molecular weight is 317 g/mol. The molecule has 0 unspecified atom stereocenters. The smallest absolute Gasteiger partial charge is 0.315 e. The second-order valence-corrected chi connectivity index (χ2v) is 6.05. The van der Waals surface area contributed by atoms with Gasteiger partial charge in [0, 0.05) is 6.20 Å². The van der Waals surface area contributed by atoms with E-state index in [2.05, 4.69) is 15.6 Å². The highest BCUT2D eigenvalue weighted by Gasteiger charge is 2.27. The maximum absolute atomic E-state index is 12.2. The molecular weight excluding hydrogens is 294 g/mol. The van der Waals surface area contributed by atoms with Gasteiger partial charge in [-0.05, 0) is 37.1 Å². The number of amides is 2. The molecule has 6 heteroatoms. The van der Waals surface area contributed by atoms with Crippen molar-refractivity contribution in [3.8, 4) is 0 Å². The number of pyridine rings is 1. The molecule has 2 aromatic rings. The van der Waals surface area contributed by atoms with Gasteiger partial charge in [0.2, 0.25) is 0 Å². The summed E-state index contributed by atoms with van der Waals surface area (Å²) < 4.78 is 5.19. The number of rotatable bonds is 6. The van der Waals surface area contributed by atoms with Crippen molar-refractivity contribution in [2.45, 2.75) is 32.4 Å². The summed E-state index contributed by atoms with van der Waals surface area (Å²) in [7, 11) is 0. The van der Waals surface area contributed by atoms with Gasteiger partial charge in [-0.2, -0.15) is 0 Å². The molecule has 0 fully saturated rings. The number of hydrogen-bond donors (Lipinski definition) is 3. The highest BCUT2D eigenvalue weighted by Crippen LogP contribution is 2.21. The molecule has 0 aromatic carbocycles. The molecule has 0 bridgehead atoms. The Kier molecular flexibility index (Phi) is 5.39. The molecular formula is C17H23N3O3. The Hall–Kier alpha value is -2.34. The number of carbonyl (C=O) groups excluding carboxylic acids is 1. The summed E-state index contributed by atoms with van der Waals surface area (Å²) in [6, 6.07) is 8.40. The van der Waals surface area contributed by atoms with Gasteiger partial charge in [0.15, 0.2) is 0 Å². The molecule has 2 rings (SSSR count). The van der Waals surface area contributed by atoms with Crippen LogP contribution in [0.2, 0.25) is 0 Å². The number of nitrogens with one attached hydrogen (secondary N) is 2. The third kappa shape index (κ3) is 4.56. The lowest BCUT2D eigenvalue weighted by Gasteiger charge is -2.25. The zero-order valence-electron chi connectivity index (χ0n) is 13.6. The second kappa shape index (κ2) is 7.28. The van der Waals surface area contributed by atoms with Gasteiger partial charge in [0.05, 0.1) is 24.5 Å². The summed E-state index contributed by atoms with van der Waals surface area (Å²) in [6.07, 6.45) is 3.19. The van der Waals surface area contributed by atoms with Crippen LogP contribution >= 0.6 is 0 Å². The number of furan rings is 1. The fourth-order valence-electron chi connectivity index (χ4n) is 2.26. The number of aromatic nitrogens is 1. The first-order valence-corrected chi connectivity index (χ1v) is 7.62. The standard InChI is InChI=1S/C17H23N3O3/c1-12(2)15(13-7-4-5-9-18-13)20-16(21)19-11-17(3,22)14-8-6-10-23-14/h4-10,12,15,22H,11H2,1-3H3,(H2,19,20,21)/t15-,17+/m1/s1. The van der Waals surface area contributed by atoms with Gasteiger partial charge in [-0.25, -0.2) is 4.79 Å². The molecule has 3 N–H and O–H groups in total. The Morgan fingerprint density at radius 3 is 2.70 bits per heavy atom. The van der Waals surface area contributed by atoms with Crippen LogP contribution in [0.1, 0.15) is 38.3 Å². The van der Waals surface area contributed by atoms with Crippen LogP contribution in [-0.4, -0.2) is 22.7 Å². The minimum absolute atomic E-state index is 0.0411. The van der Waals surface area contributed by atoms with E-state index in [9.17, 15) is 9.90 Å². The summed E-state index contributed by atoms with van der Waals surface area (Å²) in [5, 5.41) is 15.9. The summed E-state index contributed by atoms with van der Waals surface area (Å²) in [5.41, 5.74) is -0.463. The Labute approximate surface area is 135 Å². The molecule has 0 saturated carbocycles. The second-order valence-electron chi connectivity index (χ2n) is 6.05. The third-order valence-electron chi connectivity index (χ3n) is 3.60. The first-order chi connectivity index (χ1) is 10.9. The number of urea groups is 1. The lowest BCUT2D eigenvalue weighted by atomic mass is 10.0. The van der Waals surface area contributed by atoms with E-state index in [0.717, 1.165) is 5.69 Å². The maximum atomic E-state index is 12.2. The zero-order valence-corrected chi connectivity index (χ0v) is 13.6. The van der Waals surface area contributed by atoms with Crippen molar-refractivity contribution in [2.24, 2.45) is 5.92 Å². The molecule has 0 aliphatic heterocycles. The van der Waals surface area contributed by atoms with Crippen LogP contribution in [0.15, 0.2) is 47.2 Å².